The van der Waals surface area contributed by atoms with Crippen molar-refractivity contribution in [3.05, 3.63) is 12.2 Å². The fraction of sp³-hybridized carbons (Fsp3) is 0.833. The van der Waals surface area contributed by atoms with Gasteiger partial charge in [-0.25, -0.2) is 5.11 Å². The summed E-state index contributed by atoms with van der Waals surface area (Å²) >= 11 is 0. The molecular weight excluding hydrogens is 160 g/mol. The van der Waals surface area contributed by atoms with E-state index >= 15 is 0 Å². The fourth-order valence-corrected chi connectivity index (χ4v) is 1.28. The van der Waals surface area contributed by atoms with Gasteiger partial charge in [-0.3, -0.25) is 0 Å². The van der Waals surface area contributed by atoms with Crippen LogP contribution in [-0.2, 0) is 5.11 Å². The highest BCUT2D eigenvalue weighted by molar-refractivity contribution is 4.80. The van der Waals surface area contributed by atoms with E-state index in [-0.39, 0.29) is 6.61 Å². The third-order valence-corrected chi connectivity index (χ3v) is 2.16. The monoisotopic (exact) mass is 183 g/mol. The lowest BCUT2D eigenvalue weighted by Crippen LogP contribution is -1.81. The third-order valence-electron chi connectivity index (χ3n) is 2.16. The van der Waals surface area contributed by atoms with Gasteiger partial charge in [-0.05, 0) is 25.7 Å². The Balaban J connectivity index is 2.93. The van der Waals surface area contributed by atoms with E-state index in [4.69, 9.17) is 0 Å². The van der Waals surface area contributed by atoms with E-state index in [1.807, 2.05) is 0 Å². The molecule has 0 aromatic rings. The molecule has 0 aliphatic rings. The predicted octanol–water partition coefficient (Wildman–Crippen LogP) is 4.11. The normalized spacial score (nSPS) is 11.2. The van der Waals surface area contributed by atoms with Crippen LogP contribution < -0.4 is 0 Å². The van der Waals surface area contributed by atoms with Gasteiger partial charge in [0.1, 0.15) is 0 Å². The van der Waals surface area contributed by atoms with Crippen LogP contribution in [0.2, 0.25) is 0 Å². The lowest BCUT2D eigenvalue weighted by molar-refractivity contribution is 0.186. The summed E-state index contributed by atoms with van der Waals surface area (Å²) in [7, 11) is 0. The van der Waals surface area contributed by atoms with E-state index in [0.29, 0.717) is 0 Å². The Morgan fingerprint density at radius 3 is 2.08 bits per heavy atom. The highest BCUT2D eigenvalue weighted by Gasteiger charge is 1.87. The first-order chi connectivity index (χ1) is 6.41. The van der Waals surface area contributed by atoms with Crippen molar-refractivity contribution in [1.29, 1.82) is 0 Å². The molecule has 0 aromatic carbocycles. The summed E-state index contributed by atoms with van der Waals surface area (Å²) in [6.07, 6.45) is 14.1. The largest absolute Gasteiger partial charge is 0.237 e. The maximum atomic E-state index is 10.1. The molecule has 0 fully saturated rings. The van der Waals surface area contributed by atoms with E-state index in [1.54, 1.807) is 0 Å². The van der Waals surface area contributed by atoms with Crippen molar-refractivity contribution in [3.8, 4) is 0 Å². The minimum atomic E-state index is 0.104. The van der Waals surface area contributed by atoms with Crippen LogP contribution in [0.3, 0.4) is 0 Å². The third kappa shape index (κ3) is 11.7. The molecule has 0 aliphatic heterocycles. The second-order valence-corrected chi connectivity index (χ2v) is 3.52. The van der Waals surface area contributed by atoms with Gasteiger partial charge in [-0.2, -0.15) is 0 Å². The van der Waals surface area contributed by atoms with Crippen molar-refractivity contribution in [2.45, 2.75) is 58.3 Å². The van der Waals surface area contributed by atoms with Gasteiger partial charge in [-0.1, -0.05) is 44.8 Å². The minimum absolute atomic E-state index is 0.104. The average Bonchev–Trinajstić information content (AvgIpc) is 2.16. The Kier molecular flexibility index (Phi) is 11.4. The first-order valence-corrected chi connectivity index (χ1v) is 5.65. The molecular formula is C12H23O. The zero-order chi connectivity index (χ0) is 9.78. The Morgan fingerprint density at radius 2 is 1.46 bits per heavy atom. The van der Waals surface area contributed by atoms with Crippen LogP contribution in [0.25, 0.3) is 0 Å². The van der Waals surface area contributed by atoms with Gasteiger partial charge < -0.3 is 0 Å². The molecule has 0 bridgehead atoms. The number of unbranched alkanes of at least 4 members (excludes halogenated alkanes) is 6. The molecule has 0 rings (SSSR count). The maximum absolute atomic E-state index is 10.1. The zero-order valence-electron chi connectivity index (χ0n) is 8.93. The van der Waals surface area contributed by atoms with Gasteiger partial charge in [0.15, 0.2) is 0 Å². The zero-order valence-corrected chi connectivity index (χ0v) is 8.93. The van der Waals surface area contributed by atoms with Crippen LogP contribution in [0.1, 0.15) is 58.3 Å². The van der Waals surface area contributed by atoms with Crippen molar-refractivity contribution < 1.29 is 5.11 Å². The number of hydrogen-bond acceptors (Lipinski definition) is 0. The molecule has 0 amide bonds. The highest BCUT2D eigenvalue weighted by atomic mass is 16.2. The molecule has 0 heterocycles. The van der Waals surface area contributed by atoms with Crippen molar-refractivity contribution >= 4 is 0 Å². The van der Waals surface area contributed by atoms with Crippen molar-refractivity contribution in [2.24, 2.45) is 0 Å². The van der Waals surface area contributed by atoms with Crippen LogP contribution in [-0.4, -0.2) is 6.61 Å². The molecule has 13 heavy (non-hydrogen) atoms. The van der Waals surface area contributed by atoms with Crippen molar-refractivity contribution in [3.63, 3.8) is 0 Å². The number of hydrogen-bond donors (Lipinski definition) is 0. The summed E-state index contributed by atoms with van der Waals surface area (Å²) in [4.78, 5) is 0. The van der Waals surface area contributed by atoms with Crippen LogP contribution in [0.4, 0.5) is 0 Å². The van der Waals surface area contributed by atoms with E-state index in [2.05, 4.69) is 19.1 Å². The first-order valence-electron chi connectivity index (χ1n) is 5.65. The van der Waals surface area contributed by atoms with Crippen LogP contribution in [0.15, 0.2) is 12.2 Å². The lowest BCUT2D eigenvalue weighted by Gasteiger charge is -1.95. The number of rotatable bonds is 9. The molecule has 1 radical (unpaired) electrons. The highest BCUT2D eigenvalue weighted by Crippen LogP contribution is 2.04. The Bertz CT molecular complexity index is 108. The van der Waals surface area contributed by atoms with Crippen LogP contribution >= 0.6 is 0 Å². The van der Waals surface area contributed by atoms with Gasteiger partial charge in [0.2, 0.25) is 0 Å². The second-order valence-electron chi connectivity index (χ2n) is 3.52. The SMILES string of the molecule is CCCCC=CCCCCCC[O]. The Labute approximate surface area is 82.9 Å². The summed E-state index contributed by atoms with van der Waals surface area (Å²) in [5.74, 6) is 0. The average molecular weight is 183 g/mol. The van der Waals surface area contributed by atoms with Crippen molar-refractivity contribution in [1.82, 2.24) is 0 Å². The predicted molar refractivity (Wildman–Crippen MR) is 57.3 cm³/mol. The first kappa shape index (κ1) is 12.7. The molecule has 0 saturated carbocycles. The molecule has 0 aliphatic carbocycles. The van der Waals surface area contributed by atoms with Gasteiger partial charge in [0.25, 0.3) is 0 Å². The topological polar surface area (TPSA) is 19.9 Å². The molecule has 0 atom stereocenters. The van der Waals surface area contributed by atoms with E-state index in [9.17, 15) is 5.11 Å². The molecule has 0 saturated heterocycles. The summed E-state index contributed by atoms with van der Waals surface area (Å²) in [5, 5.41) is 10.1. The molecule has 0 N–H and O–H groups in total. The Hall–Kier alpha value is -0.300. The molecule has 0 spiro atoms. The standard InChI is InChI=1S/C12H23O/c1-2-3-4-5-6-7-8-9-10-11-12-13/h5-6H,2-4,7-12H2,1H3. The van der Waals surface area contributed by atoms with Crippen LogP contribution in [0.5, 0.6) is 0 Å². The van der Waals surface area contributed by atoms with E-state index in [1.165, 1.54) is 38.5 Å². The number of allylic oxidation sites excluding steroid dienone is 2. The summed E-state index contributed by atoms with van der Waals surface area (Å²) < 4.78 is 0. The molecule has 0 unspecified atom stereocenters. The van der Waals surface area contributed by atoms with Gasteiger partial charge in [0.05, 0.1) is 6.61 Å². The quantitative estimate of drug-likeness (QED) is 0.378. The van der Waals surface area contributed by atoms with Gasteiger partial charge in [0, 0.05) is 0 Å². The minimum Gasteiger partial charge on any atom is -0.237 e. The van der Waals surface area contributed by atoms with Crippen molar-refractivity contribution in [2.75, 3.05) is 6.61 Å². The molecule has 1 heteroatoms. The van der Waals surface area contributed by atoms with Gasteiger partial charge in [-0.15, -0.1) is 0 Å². The lowest BCUT2D eigenvalue weighted by atomic mass is 10.1. The van der Waals surface area contributed by atoms with Crippen LogP contribution in [0, 0.1) is 0 Å². The molecule has 0 aromatic heterocycles. The smallest absolute Gasteiger partial charge is 0.0822 e. The maximum Gasteiger partial charge on any atom is 0.0822 e. The summed E-state index contributed by atoms with van der Waals surface area (Å²) in [6.45, 7) is 2.32. The summed E-state index contributed by atoms with van der Waals surface area (Å²) in [5.41, 5.74) is 0. The molecule has 1 nitrogen and oxygen atoms in total. The van der Waals surface area contributed by atoms with E-state index < -0.39 is 0 Å². The molecule has 77 valence electrons. The summed E-state index contributed by atoms with van der Waals surface area (Å²) in [6, 6.07) is 0. The fourth-order valence-electron chi connectivity index (χ4n) is 1.28. The Morgan fingerprint density at radius 1 is 0.846 bits per heavy atom. The van der Waals surface area contributed by atoms with Gasteiger partial charge >= 0.3 is 0 Å². The second kappa shape index (κ2) is 11.7. The van der Waals surface area contributed by atoms with E-state index in [0.717, 1.165) is 12.8 Å².